The normalized spacial score (nSPS) is 22.1. The summed E-state index contributed by atoms with van der Waals surface area (Å²) >= 11 is 0. The summed E-state index contributed by atoms with van der Waals surface area (Å²) in [6, 6.07) is 1.36. The van der Waals surface area contributed by atoms with Crippen molar-refractivity contribution in [2.45, 2.75) is 193 Å². The fourth-order valence-electron chi connectivity index (χ4n) is 7.94. The lowest BCUT2D eigenvalue weighted by molar-refractivity contribution is -0.298. The zero-order valence-electron chi connectivity index (χ0n) is 32.2. The van der Waals surface area contributed by atoms with Gasteiger partial charge in [0.15, 0.2) is 11.6 Å². The second-order valence-corrected chi connectivity index (χ2v) is 16.3. The Labute approximate surface area is 303 Å². The number of carbonyl (C=O) groups excluding carboxylic acids is 2. The number of carbonyl (C=O) groups is 3. The summed E-state index contributed by atoms with van der Waals surface area (Å²) in [5, 5.41) is 16.2. The number of aromatic nitrogens is 1. The van der Waals surface area contributed by atoms with Crippen molar-refractivity contribution >= 4 is 17.8 Å². The minimum absolute atomic E-state index is 0.119. The second kappa shape index (κ2) is 21.9. The van der Waals surface area contributed by atoms with Crippen LogP contribution < -0.4 is 10.6 Å². The average molecular weight is 702 g/mol. The maximum Gasteiger partial charge on any atom is 0.315 e. The summed E-state index contributed by atoms with van der Waals surface area (Å²) in [5.41, 5.74) is 0.528. The van der Waals surface area contributed by atoms with Gasteiger partial charge in [-0.2, -0.15) is 0 Å². The Balaban J connectivity index is 1.42. The number of carboxylic acids is 1. The van der Waals surface area contributed by atoms with Crippen molar-refractivity contribution in [2.24, 2.45) is 11.3 Å². The third kappa shape index (κ3) is 14.3. The molecule has 9 heteroatoms. The lowest BCUT2D eigenvalue weighted by Gasteiger charge is -2.45. The molecule has 50 heavy (non-hydrogen) atoms. The highest BCUT2D eigenvalue weighted by molar-refractivity contribution is 6.01. The van der Waals surface area contributed by atoms with Crippen LogP contribution in [0.5, 0.6) is 0 Å². The van der Waals surface area contributed by atoms with Crippen molar-refractivity contribution in [3.8, 4) is 0 Å². The quantitative estimate of drug-likeness (QED) is 0.0627. The van der Waals surface area contributed by atoms with Crippen LogP contribution in [0.15, 0.2) is 12.3 Å². The van der Waals surface area contributed by atoms with E-state index in [4.69, 9.17) is 9.47 Å². The smallest absolute Gasteiger partial charge is 0.315 e. The largest absolute Gasteiger partial charge is 0.481 e. The highest BCUT2D eigenvalue weighted by Crippen LogP contribution is 2.42. The summed E-state index contributed by atoms with van der Waals surface area (Å²) in [5.74, 6) is -2.57. The van der Waals surface area contributed by atoms with Crippen molar-refractivity contribution in [3.05, 3.63) is 23.5 Å². The molecule has 9 nitrogen and oxygen atoms in total. The van der Waals surface area contributed by atoms with Gasteiger partial charge in [-0.1, -0.05) is 130 Å². The molecule has 0 radical (unpaired) electrons. The van der Waals surface area contributed by atoms with Crippen molar-refractivity contribution in [3.63, 3.8) is 0 Å². The van der Waals surface area contributed by atoms with E-state index < -0.39 is 29.2 Å². The van der Waals surface area contributed by atoms with Gasteiger partial charge in [-0.15, -0.1) is 0 Å². The molecule has 4 unspecified atom stereocenters. The number of unbranched alkanes of at least 4 members (excludes halogenated alkanes) is 15. The molecule has 1 aliphatic carbocycles. The number of urea groups is 1. The van der Waals surface area contributed by atoms with E-state index in [2.05, 4.69) is 22.5 Å². The number of hydrogen-bond donors (Lipinski definition) is 4. The van der Waals surface area contributed by atoms with Gasteiger partial charge in [-0.05, 0) is 45.1 Å². The molecule has 0 bridgehead atoms. The van der Waals surface area contributed by atoms with Gasteiger partial charge in [0.1, 0.15) is 6.10 Å². The summed E-state index contributed by atoms with van der Waals surface area (Å²) in [4.78, 5) is 42.5. The molecular formula is C41H71N3O6. The molecule has 1 saturated carbocycles. The predicted molar refractivity (Wildman–Crippen MR) is 201 cm³/mol. The number of aliphatic carboxylic acids is 1. The van der Waals surface area contributed by atoms with Gasteiger partial charge in [-0.3, -0.25) is 9.59 Å². The molecule has 0 aromatic carbocycles. The highest BCUT2D eigenvalue weighted by atomic mass is 16.7. The second-order valence-electron chi connectivity index (χ2n) is 16.3. The van der Waals surface area contributed by atoms with E-state index in [1.54, 1.807) is 26.1 Å². The molecule has 2 amide bonds. The molecule has 1 aromatic rings. The van der Waals surface area contributed by atoms with E-state index >= 15 is 0 Å². The number of aromatic amines is 1. The number of nitrogens with one attached hydrogen (secondary N) is 3. The standard InChI is InChI=1S/C41H71N3O6/c1-6-7-8-9-10-11-12-13-14-15-16-17-18-19-20-23-27-43-39(48)44-34-25-22-21-24-31(34)33(29-35(45)46)36-32(26-28-42-36)37(47)38-40(2,3)30-49-41(4,5)50-38/h26,28,31,33-34,38,42H,6-25,27,29-30H2,1-5H3,(H,45,46)(H2,43,44,48). The molecule has 1 aromatic heterocycles. The van der Waals surface area contributed by atoms with Crippen molar-refractivity contribution < 1.29 is 29.0 Å². The van der Waals surface area contributed by atoms with Crippen molar-refractivity contribution in [1.29, 1.82) is 0 Å². The van der Waals surface area contributed by atoms with E-state index in [0.717, 1.165) is 38.5 Å². The fourth-order valence-corrected chi connectivity index (χ4v) is 7.94. The van der Waals surface area contributed by atoms with E-state index in [-0.39, 0.29) is 30.2 Å². The molecular weight excluding hydrogens is 630 g/mol. The van der Waals surface area contributed by atoms with E-state index in [9.17, 15) is 19.5 Å². The highest BCUT2D eigenvalue weighted by Gasteiger charge is 2.47. The number of Topliss-reactive ketones (excluding diaryl/α,β-unsaturated/α-hetero) is 1. The zero-order valence-corrected chi connectivity index (χ0v) is 32.2. The van der Waals surface area contributed by atoms with Gasteiger partial charge in [0, 0.05) is 41.4 Å². The molecule has 2 fully saturated rings. The number of carboxylic acid groups (broad SMARTS) is 1. The summed E-state index contributed by atoms with van der Waals surface area (Å²) in [7, 11) is 0. The average Bonchev–Trinajstić information content (AvgIpc) is 3.56. The first kappa shape index (κ1) is 42.0. The number of ketones is 1. The first-order valence-electron chi connectivity index (χ1n) is 20.2. The molecule has 1 aliphatic heterocycles. The Morgan fingerprint density at radius 1 is 0.860 bits per heavy atom. The topological polar surface area (TPSA) is 130 Å². The summed E-state index contributed by atoms with van der Waals surface area (Å²) < 4.78 is 12.0. The third-order valence-corrected chi connectivity index (χ3v) is 10.9. The molecule has 4 atom stereocenters. The monoisotopic (exact) mass is 702 g/mol. The van der Waals surface area contributed by atoms with Crippen LogP contribution in [0.4, 0.5) is 4.79 Å². The first-order chi connectivity index (χ1) is 23.9. The minimum Gasteiger partial charge on any atom is -0.481 e. The van der Waals surface area contributed by atoms with Crippen LogP contribution in [-0.2, 0) is 14.3 Å². The van der Waals surface area contributed by atoms with Crippen molar-refractivity contribution in [2.75, 3.05) is 13.2 Å². The number of H-pyrrole nitrogens is 1. The van der Waals surface area contributed by atoms with Crippen LogP contribution in [0.1, 0.15) is 191 Å². The Bertz CT molecular complexity index is 1150. The Morgan fingerprint density at radius 2 is 1.42 bits per heavy atom. The summed E-state index contributed by atoms with van der Waals surface area (Å²) in [6.45, 7) is 10.8. The Hall–Kier alpha value is -2.39. The third-order valence-electron chi connectivity index (χ3n) is 10.9. The van der Waals surface area contributed by atoms with E-state index in [1.165, 1.54) is 89.9 Å². The van der Waals surface area contributed by atoms with Gasteiger partial charge < -0.3 is 30.2 Å². The van der Waals surface area contributed by atoms with E-state index in [1.807, 2.05) is 13.8 Å². The lowest BCUT2D eigenvalue weighted by atomic mass is 9.72. The molecule has 2 heterocycles. The number of ether oxygens (including phenoxy) is 2. The Kier molecular flexibility index (Phi) is 18.4. The van der Waals surface area contributed by atoms with Crippen LogP contribution >= 0.6 is 0 Å². The molecule has 286 valence electrons. The fraction of sp³-hybridized carbons (Fsp3) is 0.829. The van der Waals surface area contributed by atoms with E-state index in [0.29, 0.717) is 24.4 Å². The van der Waals surface area contributed by atoms with Gasteiger partial charge in [0.25, 0.3) is 0 Å². The van der Waals surface area contributed by atoms with Crippen LogP contribution in [0, 0.1) is 11.3 Å². The molecule has 0 spiro atoms. The first-order valence-corrected chi connectivity index (χ1v) is 20.2. The van der Waals surface area contributed by atoms with Crippen LogP contribution in [-0.4, -0.2) is 59.0 Å². The maximum absolute atomic E-state index is 14.0. The number of amides is 2. The molecule has 1 saturated heterocycles. The number of hydrogen-bond acceptors (Lipinski definition) is 5. The maximum atomic E-state index is 14.0. The predicted octanol–water partition coefficient (Wildman–Crippen LogP) is 10.1. The van der Waals surface area contributed by atoms with Gasteiger partial charge in [-0.25, -0.2) is 4.79 Å². The zero-order chi connectivity index (χ0) is 36.4. The number of rotatable bonds is 24. The Morgan fingerprint density at radius 3 is 2.00 bits per heavy atom. The minimum atomic E-state index is -0.927. The lowest BCUT2D eigenvalue weighted by Crippen LogP contribution is -2.53. The SMILES string of the molecule is CCCCCCCCCCCCCCCCCCNC(=O)NC1CCCCC1C(CC(=O)O)c1[nH]ccc1C(=O)C1OC(C)(C)OCC1(C)C. The van der Waals surface area contributed by atoms with Gasteiger partial charge in [0.05, 0.1) is 13.0 Å². The van der Waals surface area contributed by atoms with Crippen molar-refractivity contribution in [1.82, 2.24) is 15.6 Å². The van der Waals surface area contributed by atoms with Crippen LogP contribution in [0.2, 0.25) is 0 Å². The molecule has 4 N–H and O–H groups in total. The van der Waals surface area contributed by atoms with Crippen LogP contribution in [0.25, 0.3) is 0 Å². The molecule has 2 aliphatic rings. The van der Waals surface area contributed by atoms with Gasteiger partial charge >= 0.3 is 12.0 Å². The summed E-state index contributed by atoms with van der Waals surface area (Å²) in [6.07, 6.45) is 25.4. The molecule has 3 rings (SSSR count). The van der Waals surface area contributed by atoms with Crippen LogP contribution in [0.3, 0.4) is 0 Å². The van der Waals surface area contributed by atoms with Gasteiger partial charge in [0.2, 0.25) is 0 Å².